The Hall–Kier alpha value is -3.12. The van der Waals surface area contributed by atoms with Crippen molar-refractivity contribution < 1.29 is 32.6 Å². The van der Waals surface area contributed by atoms with Gasteiger partial charge >= 0.3 is 18.2 Å². The number of alkyl halides is 3. The normalized spacial score (nSPS) is 21.3. The summed E-state index contributed by atoms with van der Waals surface area (Å²) in [5.41, 5.74) is 2.00. The van der Waals surface area contributed by atoms with Crippen LogP contribution in [-0.2, 0) is 9.53 Å². The number of carboxylic acid groups (broad SMARTS) is 1. The number of hydrogen-bond donors (Lipinski definition) is 2. The highest BCUT2D eigenvalue weighted by atomic mass is 19.4. The third kappa shape index (κ3) is 6.31. The third-order valence-corrected chi connectivity index (χ3v) is 6.28. The maximum Gasteiger partial charge on any atom is 0.490 e. The van der Waals surface area contributed by atoms with Gasteiger partial charge in [-0.1, -0.05) is 25.1 Å². The molecule has 192 valence electrons. The average Bonchev–Trinajstić information content (AvgIpc) is 3.52. The highest BCUT2D eigenvalue weighted by Crippen LogP contribution is 2.30. The quantitative estimate of drug-likeness (QED) is 0.674. The molecular weight excluding hydrogens is 467 g/mol. The number of ether oxygens (including phenoxy) is 1. The molecule has 2 aromatic rings. The molecule has 9 nitrogen and oxygen atoms in total. The number of nitrogens with zero attached hydrogens (tertiary/aromatic N) is 4. The molecule has 2 atom stereocenters. The fraction of sp³-hybridized carbons (Fsp3) is 0.522. The van der Waals surface area contributed by atoms with Crippen LogP contribution in [0.15, 0.2) is 42.7 Å². The van der Waals surface area contributed by atoms with Crippen LogP contribution < -0.4 is 5.32 Å². The van der Waals surface area contributed by atoms with Gasteiger partial charge in [0.05, 0.1) is 23.9 Å². The third-order valence-electron chi connectivity index (χ3n) is 6.28. The Labute approximate surface area is 201 Å². The Balaban J connectivity index is 0.000000429. The fourth-order valence-corrected chi connectivity index (χ4v) is 4.48. The first-order valence-electron chi connectivity index (χ1n) is 11.3. The van der Waals surface area contributed by atoms with Gasteiger partial charge in [0.15, 0.2) is 0 Å². The largest absolute Gasteiger partial charge is 0.490 e. The molecule has 2 N–H and O–H groups in total. The predicted molar refractivity (Wildman–Crippen MR) is 121 cm³/mol. The van der Waals surface area contributed by atoms with Crippen LogP contribution in [0.1, 0.15) is 31.9 Å². The van der Waals surface area contributed by atoms with Crippen molar-refractivity contribution in [2.24, 2.45) is 0 Å². The monoisotopic (exact) mass is 497 g/mol. The molecular formula is C23H30F3N5O4. The number of aliphatic carboxylic acids is 1. The molecule has 12 heteroatoms. The summed E-state index contributed by atoms with van der Waals surface area (Å²) < 4.78 is 39.3. The zero-order chi connectivity index (χ0) is 25.6. The van der Waals surface area contributed by atoms with Crippen LogP contribution in [0.4, 0.5) is 18.0 Å². The lowest BCUT2D eigenvalue weighted by Crippen LogP contribution is -2.64. The summed E-state index contributed by atoms with van der Waals surface area (Å²) in [4.78, 5) is 26.4. The van der Waals surface area contributed by atoms with Gasteiger partial charge in [-0.05, 0) is 37.6 Å². The Kier molecular flexibility index (Phi) is 8.39. The number of nitrogens with one attached hydrogen (secondary N) is 1. The van der Waals surface area contributed by atoms with Crippen molar-refractivity contribution in [3.63, 3.8) is 0 Å². The molecule has 0 bridgehead atoms. The number of urea groups is 1. The van der Waals surface area contributed by atoms with E-state index in [2.05, 4.69) is 22.2 Å². The number of carboxylic acids is 1. The summed E-state index contributed by atoms with van der Waals surface area (Å²) in [6.45, 7) is 9.05. The standard InChI is InChI=1S/C21H29N5O2.C2HF3O2/c1-3-25-13-12-24(15-21(25)9-14-28-16-21)20(27)23-17(2)18-7-4-5-8-19(18)26-11-6-10-22-26;3-2(4,5)1(6)7/h4-8,10-11,17H,3,9,12-16H2,1-2H3,(H,23,27);(H,6,7). The van der Waals surface area contributed by atoms with Gasteiger partial charge in [0, 0.05) is 38.6 Å². The first-order chi connectivity index (χ1) is 16.6. The summed E-state index contributed by atoms with van der Waals surface area (Å²) >= 11 is 0. The summed E-state index contributed by atoms with van der Waals surface area (Å²) in [5, 5.41) is 14.7. The van der Waals surface area contributed by atoms with Crippen molar-refractivity contribution in [1.29, 1.82) is 0 Å². The minimum absolute atomic E-state index is 0.00945. The molecule has 0 aliphatic carbocycles. The second-order valence-electron chi connectivity index (χ2n) is 8.51. The molecule has 2 amide bonds. The van der Waals surface area contributed by atoms with Crippen molar-refractivity contribution in [3.05, 3.63) is 48.3 Å². The highest BCUT2D eigenvalue weighted by Gasteiger charge is 2.45. The van der Waals surface area contributed by atoms with Crippen molar-refractivity contribution in [1.82, 2.24) is 24.9 Å². The molecule has 0 saturated carbocycles. The topological polar surface area (TPSA) is 99.9 Å². The van der Waals surface area contributed by atoms with Crippen LogP contribution in [0, 0.1) is 0 Å². The number of piperazine rings is 1. The van der Waals surface area contributed by atoms with Crippen molar-refractivity contribution in [2.75, 3.05) is 39.4 Å². The van der Waals surface area contributed by atoms with E-state index < -0.39 is 12.1 Å². The number of aromatic nitrogens is 2. The van der Waals surface area contributed by atoms with Crippen molar-refractivity contribution in [3.8, 4) is 5.69 Å². The minimum Gasteiger partial charge on any atom is -0.475 e. The zero-order valence-corrected chi connectivity index (χ0v) is 19.7. The van der Waals surface area contributed by atoms with Gasteiger partial charge in [-0.2, -0.15) is 18.3 Å². The van der Waals surface area contributed by atoms with Gasteiger partial charge in [0.25, 0.3) is 0 Å². The SMILES string of the molecule is CCN1CCN(C(=O)NC(C)c2ccccc2-n2cccn2)CC12CCOC2.O=C(O)C(F)(F)F. The molecule has 35 heavy (non-hydrogen) atoms. The van der Waals surface area contributed by atoms with Gasteiger partial charge < -0.3 is 20.1 Å². The van der Waals surface area contributed by atoms with Gasteiger partial charge in [0.1, 0.15) is 0 Å². The number of carbonyl (C=O) groups is 2. The van der Waals surface area contributed by atoms with E-state index in [4.69, 9.17) is 14.6 Å². The summed E-state index contributed by atoms with van der Waals surface area (Å²) in [6.07, 6.45) is -0.417. The molecule has 2 fully saturated rings. The Morgan fingerprint density at radius 3 is 2.54 bits per heavy atom. The number of likely N-dealkylation sites (N-methyl/N-ethyl adjacent to an activating group) is 1. The van der Waals surface area contributed by atoms with E-state index in [1.807, 2.05) is 53.0 Å². The molecule has 2 unspecified atom stereocenters. The van der Waals surface area contributed by atoms with Crippen LogP contribution >= 0.6 is 0 Å². The van der Waals surface area contributed by atoms with E-state index >= 15 is 0 Å². The Bertz CT molecular complexity index is 993. The lowest BCUT2D eigenvalue weighted by atomic mass is 9.93. The Morgan fingerprint density at radius 2 is 1.97 bits per heavy atom. The van der Waals surface area contributed by atoms with Crippen LogP contribution in [0.2, 0.25) is 0 Å². The number of benzene rings is 1. The van der Waals surface area contributed by atoms with Crippen LogP contribution in [0.25, 0.3) is 5.69 Å². The smallest absolute Gasteiger partial charge is 0.475 e. The molecule has 3 heterocycles. The molecule has 2 saturated heterocycles. The van der Waals surface area contributed by atoms with Gasteiger partial charge in [-0.15, -0.1) is 0 Å². The molecule has 4 rings (SSSR count). The number of amides is 2. The average molecular weight is 498 g/mol. The molecule has 1 aromatic carbocycles. The Morgan fingerprint density at radius 1 is 1.26 bits per heavy atom. The van der Waals surface area contributed by atoms with E-state index in [0.717, 1.165) is 50.5 Å². The number of carbonyl (C=O) groups excluding carboxylic acids is 1. The fourth-order valence-electron chi connectivity index (χ4n) is 4.48. The van der Waals surface area contributed by atoms with E-state index in [1.165, 1.54) is 0 Å². The van der Waals surface area contributed by atoms with E-state index in [9.17, 15) is 18.0 Å². The molecule has 2 aliphatic heterocycles. The van der Waals surface area contributed by atoms with Gasteiger partial charge in [-0.25, -0.2) is 14.3 Å². The summed E-state index contributed by atoms with van der Waals surface area (Å²) in [7, 11) is 0. The van der Waals surface area contributed by atoms with Crippen LogP contribution in [0.5, 0.6) is 0 Å². The van der Waals surface area contributed by atoms with Gasteiger partial charge in [-0.3, -0.25) is 4.90 Å². The highest BCUT2D eigenvalue weighted by molar-refractivity contribution is 5.75. The second-order valence-corrected chi connectivity index (χ2v) is 8.51. The number of halogens is 3. The van der Waals surface area contributed by atoms with E-state index in [-0.39, 0.29) is 17.6 Å². The van der Waals surface area contributed by atoms with Crippen molar-refractivity contribution >= 4 is 12.0 Å². The maximum absolute atomic E-state index is 13.0. The van der Waals surface area contributed by atoms with Crippen LogP contribution in [-0.4, -0.2) is 87.8 Å². The molecule has 0 radical (unpaired) electrons. The molecule has 1 aromatic heterocycles. The first kappa shape index (κ1) is 26.5. The first-order valence-corrected chi connectivity index (χ1v) is 11.3. The lowest BCUT2D eigenvalue weighted by molar-refractivity contribution is -0.192. The predicted octanol–water partition coefficient (Wildman–Crippen LogP) is 3.07. The number of para-hydroxylation sites is 1. The molecule has 1 spiro atoms. The van der Waals surface area contributed by atoms with Gasteiger partial charge in [0.2, 0.25) is 0 Å². The number of hydrogen-bond acceptors (Lipinski definition) is 5. The van der Waals surface area contributed by atoms with E-state index in [0.29, 0.717) is 6.61 Å². The van der Waals surface area contributed by atoms with Crippen molar-refractivity contribution in [2.45, 2.75) is 38.0 Å². The second kappa shape index (κ2) is 11.1. The van der Waals surface area contributed by atoms with Crippen LogP contribution in [0.3, 0.4) is 0 Å². The lowest BCUT2D eigenvalue weighted by Gasteiger charge is -2.48. The number of rotatable bonds is 4. The van der Waals surface area contributed by atoms with E-state index in [1.54, 1.807) is 6.20 Å². The molecule has 2 aliphatic rings. The summed E-state index contributed by atoms with van der Waals surface area (Å²) in [6, 6.07) is 9.83. The zero-order valence-electron chi connectivity index (χ0n) is 19.7. The summed E-state index contributed by atoms with van der Waals surface area (Å²) in [5.74, 6) is -2.76. The minimum atomic E-state index is -5.08. The maximum atomic E-state index is 13.0.